The molecule has 1 N–H and O–H groups in total. The highest BCUT2D eigenvalue weighted by Crippen LogP contribution is 2.24. The molecule has 0 saturated carbocycles. The van der Waals surface area contributed by atoms with E-state index in [1.165, 1.54) is 0 Å². The summed E-state index contributed by atoms with van der Waals surface area (Å²) in [7, 11) is 1.79. The first-order valence-electron chi connectivity index (χ1n) is 7.46. The van der Waals surface area contributed by atoms with Crippen LogP contribution in [-0.2, 0) is 17.8 Å². The molecule has 4 nitrogen and oxygen atoms in total. The van der Waals surface area contributed by atoms with Crippen LogP contribution in [0, 0.1) is 0 Å². The Balaban J connectivity index is 1.77. The van der Waals surface area contributed by atoms with Crippen molar-refractivity contribution in [3.63, 3.8) is 0 Å². The van der Waals surface area contributed by atoms with Gasteiger partial charge in [-0.1, -0.05) is 34.1 Å². The first-order chi connectivity index (χ1) is 11.0. The second kappa shape index (κ2) is 6.54. The summed E-state index contributed by atoms with van der Waals surface area (Å²) < 4.78 is 0.993. The van der Waals surface area contributed by atoms with Gasteiger partial charge >= 0.3 is 0 Å². The van der Waals surface area contributed by atoms with Crippen molar-refractivity contribution < 1.29 is 9.59 Å². The molecule has 23 heavy (non-hydrogen) atoms. The van der Waals surface area contributed by atoms with Gasteiger partial charge in [-0.2, -0.15) is 0 Å². The van der Waals surface area contributed by atoms with E-state index in [1.54, 1.807) is 18.0 Å². The average molecular weight is 373 g/mol. The van der Waals surface area contributed by atoms with E-state index in [0.29, 0.717) is 24.9 Å². The molecule has 0 fully saturated rings. The van der Waals surface area contributed by atoms with Crippen molar-refractivity contribution in [1.82, 2.24) is 4.90 Å². The second-order valence-electron chi connectivity index (χ2n) is 5.67. The number of halogens is 1. The van der Waals surface area contributed by atoms with E-state index in [2.05, 4.69) is 21.2 Å². The first-order valence-corrected chi connectivity index (χ1v) is 8.25. The topological polar surface area (TPSA) is 49.4 Å². The van der Waals surface area contributed by atoms with Crippen LogP contribution in [0.1, 0.15) is 27.9 Å². The molecule has 2 aromatic rings. The summed E-state index contributed by atoms with van der Waals surface area (Å²) in [4.78, 5) is 25.7. The number of aryl methyl sites for hydroxylation is 1. The minimum absolute atomic E-state index is 0.0274. The second-order valence-corrected chi connectivity index (χ2v) is 6.53. The molecule has 3 rings (SSSR count). The van der Waals surface area contributed by atoms with E-state index in [0.717, 1.165) is 21.3 Å². The Hall–Kier alpha value is -2.14. The SMILES string of the molecule is CN(Cc1ccccc1Br)C(=O)c1ccc2c(c1)CCC(=O)N2. The van der Waals surface area contributed by atoms with Crippen LogP contribution >= 0.6 is 15.9 Å². The maximum atomic E-state index is 12.6. The zero-order valence-electron chi connectivity index (χ0n) is 12.8. The minimum Gasteiger partial charge on any atom is -0.337 e. The molecule has 0 bridgehead atoms. The average Bonchev–Trinajstić information content (AvgIpc) is 2.55. The molecule has 0 aromatic heterocycles. The monoisotopic (exact) mass is 372 g/mol. The van der Waals surface area contributed by atoms with Crippen LogP contribution in [0.25, 0.3) is 0 Å². The maximum absolute atomic E-state index is 12.6. The predicted octanol–water partition coefficient (Wildman–Crippen LogP) is 3.61. The highest BCUT2D eigenvalue weighted by molar-refractivity contribution is 9.10. The van der Waals surface area contributed by atoms with Crippen molar-refractivity contribution >= 4 is 33.4 Å². The lowest BCUT2D eigenvalue weighted by atomic mass is 10.00. The molecule has 0 spiro atoms. The van der Waals surface area contributed by atoms with Gasteiger partial charge in [-0.15, -0.1) is 0 Å². The van der Waals surface area contributed by atoms with E-state index in [1.807, 2.05) is 36.4 Å². The molecule has 2 amide bonds. The third-order valence-corrected chi connectivity index (χ3v) is 4.73. The number of nitrogens with zero attached hydrogens (tertiary/aromatic N) is 1. The van der Waals surface area contributed by atoms with Crippen molar-refractivity contribution in [2.24, 2.45) is 0 Å². The van der Waals surface area contributed by atoms with Crippen molar-refractivity contribution in [1.29, 1.82) is 0 Å². The number of nitrogens with one attached hydrogen (secondary N) is 1. The van der Waals surface area contributed by atoms with E-state index in [-0.39, 0.29) is 11.8 Å². The summed E-state index contributed by atoms with van der Waals surface area (Å²) in [6.45, 7) is 0.536. The van der Waals surface area contributed by atoms with E-state index in [4.69, 9.17) is 0 Å². The lowest BCUT2D eigenvalue weighted by Gasteiger charge is -2.21. The molecule has 1 aliphatic rings. The number of fused-ring (bicyclic) bond motifs is 1. The minimum atomic E-state index is -0.0274. The zero-order valence-corrected chi connectivity index (χ0v) is 14.4. The predicted molar refractivity (Wildman–Crippen MR) is 93.3 cm³/mol. The Morgan fingerprint density at radius 2 is 2.00 bits per heavy atom. The third-order valence-electron chi connectivity index (χ3n) is 3.96. The van der Waals surface area contributed by atoms with Crippen LogP contribution in [-0.4, -0.2) is 23.8 Å². The van der Waals surface area contributed by atoms with Crippen LogP contribution in [0.3, 0.4) is 0 Å². The Bertz CT molecular complexity index is 773. The van der Waals surface area contributed by atoms with Gasteiger partial charge in [-0.3, -0.25) is 9.59 Å². The van der Waals surface area contributed by atoms with E-state index < -0.39 is 0 Å². The molecule has 0 atom stereocenters. The van der Waals surface area contributed by atoms with Gasteiger partial charge in [-0.05, 0) is 41.8 Å². The van der Waals surface area contributed by atoms with Gasteiger partial charge in [-0.25, -0.2) is 0 Å². The normalized spacial score (nSPS) is 13.2. The molecular formula is C18H17BrN2O2. The first kappa shape index (κ1) is 15.7. The third kappa shape index (κ3) is 3.45. The van der Waals surface area contributed by atoms with Crippen LogP contribution in [0.15, 0.2) is 46.9 Å². The van der Waals surface area contributed by atoms with E-state index in [9.17, 15) is 9.59 Å². The smallest absolute Gasteiger partial charge is 0.253 e. The molecule has 118 valence electrons. The Morgan fingerprint density at radius 1 is 1.22 bits per heavy atom. The van der Waals surface area contributed by atoms with Crippen LogP contribution < -0.4 is 5.32 Å². The molecule has 1 aliphatic heterocycles. The molecule has 5 heteroatoms. The largest absolute Gasteiger partial charge is 0.337 e. The number of hydrogen-bond acceptors (Lipinski definition) is 2. The van der Waals surface area contributed by atoms with Gasteiger partial charge in [0.2, 0.25) is 5.91 Å². The Kier molecular flexibility index (Phi) is 4.48. The summed E-state index contributed by atoms with van der Waals surface area (Å²) in [5.74, 6) is 0.00285. The summed E-state index contributed by atoms with van der Waals surface area (Å²) in [5, 5.41) is 2.83. The molecular weight excluding hydrogens is 356 g/mol. The summed E-state index contributed by atoms with van der Waals surface area (Å²) in [5.41, 5.74) is 3.54. The molecule has 2 aromatic carbocycles. The zero-order chi connectivity index (χ0) is 16.4. The highest BCUT2D eigenvalue weighted by atomic mass is 79.9. The number of anilines is 1. The maximum Gasteiger partial charge on any atom is 0.253 e. The molecule has 0 unspecified atom stereocenters. The van der Waals surface area contributed by atoms with Crippen molar-refractivity contribution in [3.8, 4) is 0 Å². The number of amides is 2. The Morgan fingerprint density at radius 3 is 2.78 bits per heavy atom. The standard InChI is InChI=1S/C18H17BrN2O2/c1-21(11-14-4-2-3-5-15(14)19)18(23)13-6-8-16-12(10-13)7-9-17(22)20-16/h2-6,8,10H,7,9,11H2,1H3,(H,20,22). The number of carbonyl (C=O) groups is 2. The number of carbonyl (C=O) groups excluding carboxylic acids is 2. The molecule has 0 radical (unpaired) electrons. The van der Waals surface area contributed by atoms with Crippen LogP contribution in [0.5, 0.6) is 0 Å². The fraction of sp³-hybridized carbons (Fsp3) is 0.222. The van der Waals surface area contributed by atoms with Gasteiger partial charge in [0.1, 0.15) is 0 Å². The van der Waals surface area contributed by atoms with Gasteiger partial charge in [0.25, 0.3) is 5.91 Å². The van der Waals surface area contributed by atoms with Crippen LogP contribution in [0.4, 0.5) is 5.69 Å². The Labute approximate surface area is 143 Å². The van der Waals surface area contributed by atoms with Crippen molar-refractivity contribution in [2.45, 2.75) is 19.4 Å². The van der Waals surface area contributed by atoms with Crippen molar-refractivity contribution in [3.05, 3.63) is 63.6 Å². The fourth-order valence-electron chi connectivity index (χ4n) is 2.69. The van der Waals surface area contributed by atoms with Gasteiger partial charge in [0.15, 0.2) is 0 Å². The summed E-state index contributed by atoms with van der Waals surface area (Å²) in [6.07, 6.45) is 1.15. The van der Waals surface area contributed by atoms with Crippen molar-refractivity contribution in [2.75, 3.05) is 12.4 Å². The summed E-state index contributed by atoms with van der Waals surface area (Å²) >= 11 is 3.51. The van der Waals surface area contributed by atoms with Gasteiger partial charge in [0, 0.05) is 35.7 Å². The molecule has 0 aliphatic carbocycles. The van der Waals surface area contributed by atoms with Crippen LogP contribution in [0.2, 0.25) is 0 Å². The molecule has 0 saturated heterocycles. The van der Waals surface area contributed by atoms with Gasteiger partial charge < -0.3 is 10.2 Å². The van der Waals surface area contributed by atoms with E-state index >= 15 is 0 Å². The quantitative estimate of drug-likeness (QED) is 0.894. The molecule has 1 heterocycles. The number of benzene rings is 2. The highest BCUT2D eigenvalue weighted by Gasteiger charge is 2.18. The number of rotatable bonds is 3. The summed E-state index contributed by atoms with van der Waals surface area (Å²) in [6, 6.07) is 13.3. The van der Waals surface area contributed by atoms with Gasteiger partial charge in [0.05, 0.1) is 0 Å². The lowest BCUT2D eigenvalue weighted by Crippen LogP contribution is -2.27. The number of hydrogen-bond donors (Lipinski definition) is 1. The fourth-order valence-corrected chi connectivity index (χ4v) is 3.10. The lowest BCUT2D eigenvalue weighted by molar-refractivity contribution is -0.116.